The average Bonchev–Trinajstić information content (AvgIpc) is 2.27. The summed E-state index contributed by atoms with van der Waals surface area (Å²) >= 11 is 0. The van der Waals surface area contributed by atoms with Gasteiger partial charge in [-0.3, -0.25) is 0 Å². The van der Waals surface area contributed by atoms with Crippen molar-refractivity contribution in [2.24, 2.45) is 5.92 Å². The number of carboxylic acid groups (broad SMARTS) is 1. The lowest BCUT2D eigenvalue weighted by atomic mass is 10.1. The molecule has 0 fully saturated rings. The zero-order valence-corrected chi connectivity index (χ0v) is 10.9. The number of nitrogens with one attached hydrogen (secondary N) is 2. The molecule has 0 heterocycles. The number of amides is 2. The van der Waals surface area contributed by atoms with Crippen LogP contribution >= 0.6 is 0 Å². The van der Waals surface area contributed by atoms with E-state index in [1.54, 1.807) is 0 Å². The molecule has 0 unspecified atom stereocenters. The van der Waals surface area contributed by atoms with Gasteiger partial charge in [0, 0.05) is 12.2 Å². The van der Waals surface area contributed by atoms with Crippen LogP contribution in [0, 0.1) is 11.7 Å². The largest absolute Gasteiger partial charge is 0.478 e. The summed E-state index contributed by atoms with van der Waals surface area (Å²) in [5.41, 5.74) is -0.213. The van der Waals surface area contributed by atoms with Gasteiger partial charge in [0.25, 0.3) is 0 Å². The van der Waals surface area contributed by atoms with Crippen molar-refractivity contribution in [3.05, 3.63) is 29.6 Å². The fourth-order valence-electron chi connectivity index (χ4n) is 1.42. The topological polar surface area (TPSA) is 78.4 Å². The predicted molar refractivity (Wildman–Crippen MR) is 69.8 cm³/mol. The number of aromatic carboxylic acids is 1. The molecule has 5 nitrogen and oxygen atoms in total. The van der Waals surface area contributed by atoms with E-state index in [9.17, 15) is 14.0 Å². The smallest absolute Gasteiger partial charge is 0.338 e. The molecular formula is C13H17FN2O3. The molecule has 0 saturated carbocycles. The van der Waals surface area contributed by atoms with Crippen molar-refractivity contribution in [3.8, 4) is 0 Å². The average molecular weight is 268 g/mol. The minimum Gasteiger partial charge on any atom is -0.478 e. The van der Waals surface area contributed by atoms with Gasteiger partial charge in [-0.2, -0.15) is 0 Å². The van der Waals surface area contributed by atoms with Gasteiger partial charge in [-0.1, -0.05) is 13.8 Å². The fraction of sp³-hybridized carbons (Fsp3) is 0.385. The number of urea groups is 1. The fourth-order valence-corrected chi connectivity index (χ4v) is 1.42. The highest BCUT2D eigenvalue weighted by Crippen LogP contribution is 2.14. The standard InChI is InChI=1S/C13H17FN2O3/c1-8(2)5-6-15-13(19)16-9-3-4-10(12(17)18)11(14)7-9/h3-4,7-8H,5-6H2,1-2H3,(H,17,18)(H2,15,16,19). The van der Waals surface area contributed by atoms with Crippen LogP contribution in [0.4, 0.5) is 14.9 Å². The van der Waals surface area contributed by atoms with E-state index in [1.165, 1.54) is 6.07 Å². The maximum absolute atomic E-state index is 13.4. The first-order valence-corrected chi connectivity index (χ1v) is 5.98. The molecule has 0 aliphatic heterocycles. The van der Waals surface area contributed by atoms with E-state index in [-0.39, 0.29) is 5.69 Å². The van der Waals surface area contributed by atoms with E-state index in [0.29, 0.717) is 12.5 Å². The molecule has 0 bridgehead atoms. The highest BCUT2D eigenvalue weighted by atomic mass is 19.1. The van der Waals surface area contributed by atoms with Crippen molar-refractivity contribution in [2.75, 3.05) is 11.9 Å². The normalized spacial score (nSPS) is 10.3. The molecule has 0 spiro atoms. The van der Waals surface area contributed by atoms with Gasteiger partial charge >= 0.3 is 12.0 Å². The number of benzene rings is 1. The minimum absolute atomic E-state index is 0.213. The van der Waals surface area contributed by atoms with Crippen LogP contribution in [-0.2, 0) is 0 Å². The number of carboxylic acids is 1. The first-order valence-electron chi connectivity index (χ1n) is 5.98. The maximum Gasteiger partial charge on any atom is 0.338 e. The van der Waals surface area contributed by atoms with Crippen molar-refractivity contribution >= 4 is 17.7 Å². The third-order valence-electron chi connectivity index (χ3n) is 2.46. The summed E-state index contributed by atoms with van der Waals surface area (Å²) in [5.74, 6) is -1.74. The van der Waals surface area contributed by atoms with E-state index >= 15 is 0 Å². The van der Waals surface area contributed by atoms with Crippen LogP contribution in [0.2, 0.25) is 0 Å². The quantitative estimate of drug-likeness (QED) is 0.768. The first-order chi connectivity index (χ1) is 8.90. The SMILES string of the molecule is CC(C)CCNC(=O)Nc1ccc(C(=O)O)c(F)c1. The minimum atomic E-state index is -1.34. The first kappa shape index (κ1) is 14.9. The van der Waals surface area contributed by atoms with E-state index in [4.69, 9.17) is 5.11 Å². The van der Waals surface area contributed by atoms with Gasteiger partial charge < -0.3 is 15.7 Å². The van der Waals surface area contributed by atoms with Crippen LogP contribution in [0.5, 0.6) is 0 Å². The summed E-state index contributed by atoms with van der Waals surface area (Å²) in [7, 11) is 0. The number of carbonyl (C=O) groups excluding carboxylic acids is 1. The molecule has 0 aliphatic carbocycles. The van der Waals surface area contributed by atoms with E-state index in [0.717, 1.165) is 18.6 Å². The summed E-state index contributed by atoms with van der Waals surface area (Å²) in [6, 6.07) is 2.99. The number of anilines is 1. The Balaban J connectivity index is 2.55. The summed E-state index contributed by atoms with van der Waals surface area (Å²) in [5, 5.41) is 13.7. The van der Waals surface area contributed by atoms with E-state index < -0.39 is 23.4 Å². The van der Waals surface area contributed by atoms with Gasteiger partial charge in [-0.15, -0.1) is 0 Å². The lowest BCUT2D eigenvalue weighted by Crippen LogP contribution is -2.30. The van der Waals surface area contributed by atoms with Crippen LogP contribution < -0.4 is 10.6 Å². The lowest BCUT2D eigenvalue weighted by Gasteiger charge is -2.09. The Morgan fingerprint density at radius 1 is 1.37 bits per heavy atom. The number of carbonyl (C=O) groups is 2. The summed E-state index contributed by atoms with van der Waals surface area (Å²) in [6.07, 6.45) is 0.847. The monoisotopic (exact) mass is 268 g/mol. The third-order valence-corrected chi connectivity index (χ3v) is 2.46. The van der Waals surface area contributed by atoms with Gasteiger partial charge in [-0.05, 0) is 30.5 Å². The molecule has 1 aromatic carbocycles. The number of halogens is 1. The van der Waals surface area contributed by atoms with Gasteiger partial charge in [0.05, 0.1) is 5.56 Å². The molecule has 1 rings (SSSR count). The van der Waals surface area contributed by atoms with Crippen molar-refractivity contribution < 1.29 is 19.1 Å². The molecule has 6 heteroatoms. The van der Waals surface area contributed by atoms with E-state index in [1.807, 2.05) is 13.8 Å². The predicted octanol–water partition coefficient (Wildman–Crippen LogP) is 2.69. The Morgan fingerprint density at radius 3 is 2.58 bits per heavy atom. The highest BCUT2D eigenvalue weighted by Gasteiger charge is 2.11. The Labute approximate surface area is 110 Å². The van der Waals surface area contributed by atoms with Crippen LogP contribution in [0.1, 0.15) is 30.6 Å². The van der Waals surface area contributed by atoms with Crippen LogP contribution in [0.25, 0.3) is 0 Å². The zero-order valence-electron chi connectivity index (χ0n) is 10.9. The lowest BCUT2D eigenvalue weighted by molar-refractivity contribution is 0.0692. The zero-order chi connectivity index (χ0) is 14.4. The number of hydrogen-bond donors (Lipinski definition) is 3. The third kappa shape index (κ3) is 4.95. The molecule has 0 aromatic heterocycles. The van der Waals surface area contributed by atoms with Crippen LogP contribution in [0.15, 0.2) is 18.2 Å². The molecule has 1 aromatic rings. The summed E-state index contributed by atoms with van der Waals surface area (Å²) < 4.78 is 13.4. The molecule has 19 heavy (non-hydrogen) atoms. The van der Waals surface area contributed by atoms with Crippen molar-refractivity contribution in [1.29, 1.82) is 0 Å². The van der Waals surface area contributed by atoms with Gasteiger partial charge in [0.15, 0.2) is 0 Å². The van der Waals surface area contributed by atoms with Crippen molar-refractivity contribution in [3.63, 3.8) is 0 Å². The maximum atomic E-state index is 13.4. The molecule has 3 N–H and O–H groups in total. The Bertz CT molecular complexity index is 475. The van der Waals surface area contributed by atoms with E-state index in [2.05, 4.69) is 10.6 Å². The molecular weight excluding hydrogens is 251 g/mol. The second-order valence-electron chi connectivity index (χ2n) is 4.56. The Kier molecular flexibility index (Phi) is 5.29. The van der Waals surface area contributed by atoms with Crippen molar-refractivity contribution in [1.82, 2.24) is 5.32 Å². The molecule has 0 aliphatic rings. The van der Waals surface area contributed by atoms with Crippen molar-refractivity contribution in [2.45, 2.75) is 20.3 Å². The van der Waals surface area contributed by atoms with Gasteiger partial charge in [0.1, 0.15) is 5.82 Å². The molecule has 0 atom stereocenters. The number of rotatable bonds is 5. The second-order valence-corrected chi connectivity index (χ2v) is 4.56. The summed E-state index contributed by atoms with van der Waals surface area (Å²) in [4.78, 5) is 22.1. The van der Waals surface area contributed by atoms with Crippen LogP contribution in [-0.4, -0.2) is 23.7 Å². The Hall–Kier alpha value is -2.11. The molecule has 0 radical (unpaired) electrons. The highest BCUT2D eigenvalue weighted by molar-refractivity contribution is 5.91. The molecule has 104 valence electrons. The van der Waals surface area contributed by atoms with Gasteiger partial charge in [0.2, 0.25) is 0 Å². The number of hydrogen-bond acceptors (Lipinski definition) is 2. The van der Waals surface area contributed by atoms with Gasteiger partial charge in [-0.25, -0.2) is 14.0 Å². The molecule has 2 amide bonds. The second kappa shape index (κ2) is 6.72. The van der Waals surface area contributed by atoms with Crippen LogP contribution in [0.3, 0.4) is 0 Å². The molecule has 0 saturated heterocycles. The summed E-state index contributed by atoms with van der Waals surface area (Å²) in [6.45, 7) is 4.61. The Morgan fingerprint density at radius 2 is 2.05 bits per heavy atom.